The van der Waals surface area contributed by atoms with Crippen LogP contribution < -0.4 is 20.7 Å². The van der Waals surface area contributed by atoms with Crippen molar-refractivity contribution in [3.63, 3.8) is 0 Å². The van der Waals surface area contributed by atoms with Gasteiger partial charge in [-0.05, 0) is 41.4 Å². The lowest BCUT2D eigenvalue weighted by molar-refractivity contribution is 0.100. The first kappa shape index (κ1) is 16.2. The SMILES string of the molecule is COc1ccc(C(CC(C)OC)NN)c(OC)c1Br. The van der Waals surface area contributed by atoms with Gasteiger partial charge >= 0.3 is 0 Å². The lowest BCUT2D eigenvalue weighted by atomic mass is 10.0. The number of hydrogen-bond donors (Lipinski definition) is 2. The van der Waals surface area contributed by atoms with Crippen LogP contribution in [0.15, 0.2) is 16.6 Å². The largest absolute Gasteiger partial charge is 0.495 e. The Kier molecular flexibility index (Phi) is 6.57. The van der Waals surface area contributed by atoms with Crippen LogP contribution in [0.1, 0.15) is 24.9 Å². The summed E-state index contributed by atoms with van der Waals surface area (Å²) in [6.07, 6.45) is 0.828. The van der Waals surface area contributed by atoms with E-state index >= 15 is 0 Å². The van der Waals surface area contributed by atoms with Crippen molar-refractivity contribution >= 4 is 15.9 Å². The molecule has 0 heterocycles. The number of ether oxygens (including phenoxy) is 3. The molecule has 0 bridgehead atoms. The molecular weight excluding hydrogens is 312 g/mol. The third-order valence-electron chi connectivity index (χ3n) is 3.06. The van der Waals surface area contributed by atoms with Crippen molar-refractivity contribution in [1.29, 1.82) is 0 Å². The van der Waals surface area contributed by atoms with E-state index in [0.717, 1.165) is 22.2 Å². The second-order valence-electron chi connectivity index (χ2n) is 4.21. The van der Waals surface area contributed by atoms with Crippen LogP contribution in [0.2, 0.25) is 0 Å². The van der Waals surface area contributed by atoms with E-state index in [0.29, 0.717) is 5.75 Å². The number of halogens is 1. The predicted octanol–water partition coefficient (Wildman–Crippen LogP) is 2.40. The monoisotopic (exact) mass is 332 g/mol. The first-order valence-electron chi connectivity index (χ1n) is 5.98. The van der Waals surface area contributed by atoms with E-state index < -0.39 is 0 Å². The van der Waals surface area contributed by atoms with Crippen molar-refractivity contribution in [1.82, 2.24) is 5.43 Å². The molecule has 6 heteroatoms. The van der Waals surface area contributed by atoms with Crippen LogP contribution in [0.25, 0.3) is 0 Å². The standard InChI is InChI=1S/C13H21BrN2O3/c1-8(17-2)7-10(16-15)9-5-6-11(18-3)12(14)13(9)19-4/h5-6,8,10,16H,7,15H2,1-4H3. The summed E-state index contributed by atoms with van der Waals surface area (Å²) in [6.45, 7) is 2.00. The highest BCUT2D eigenvalue weighted by molar-refractivity contribution is 9.10. The Morgan fingerprint density at radius 1 is 1.26 bits per heavy atom. The highest BCUT2D eigenvalue weighted by Gasteiger charge is 2.21. The van der Waals surface area contributed by atoms with Crippen molar-refractivity contribution in [3.8, 4) is 11.5 Å². The Morgan fingerprint density at radius 3 is 2.42 bits per heavy atom. The predicted molar refractivity (Wildman–Crippen MR) is 78.4 cm³/mol. The Hall–Kier alpha value is -0.820. The smallest absolute Gasteiger partial charge is 0.141 e. The van der Waals surface area contributed by atoms with Crippen LogP contribution in [0.4, 0.5) is 0 Å². The number of methoxy groups -OCH3 is 3. The molecule has 1 aromatic rings. The minimum absolute atomic E-state index is 0.0629. The third-order valence-corrected chi connectivity index (χ3v) is 3.81. The fourth-order valence-corrected chi connectivity index (χ4v) is 2.59. The molecule has 0 saturated heterocycles. The summed E-state index contributed by atoms with van der Waals surface area (Å²) in [7, 11) is 4.92. The number of hydrogen-bond acceptors (Lipinski definition) is 5. The quantitative estimate of drug-likeness (QED) is 0.592. The molecule has 0 aliphatic rings. The van der Waals surface area contributed by atoms with Gasteiger partial charge in [0.1, 0.15) is 16.0 Å². The molecule has 5 nitrogen and oxygen atoms in total. The van der Waals surface area contributed by atoms with Gasteiger partial charge in [0.15, 0.2) is 0 Å². The first-order valence-corrected chi connectivity index (χ1v) is 6.77. The summed E-state index contributed by atoms with van der Waals surface area (Å²) in [4.78, 5) is 0. The van der Waals surface area contributed by atoms with Crippen LogP contribution >= 0.6 is 15.9 Å². The van der Waals surface area contributed by atoms with Crippen LogP contribution in [0.5, 0.6) is 11.5 Å². The van der Waals surface area contributed by atoms with Gasteiger partial charge < -0.3 is 14.2 Å². The molecule has 2 atom stereocenters. The third kappa shape index (κ3) is 3.82. The van der Waals surface area contributed by atoms with Gasteiger partial charge in [-0.25, -0.2) is 0 Å². The van der Waals surface area contributed by atoms with Crippen molar-refractivity contribution < 1.29 is 14.2 Å². The van der Waals surface area contributed by atoms with Gasteiger partial charge in [-0.1, -0.05) is 0 Å². The fourth-order valence-electron chi connectivity index (χ4n) is 1.91. The number of nitrogens with one attached hydrogen (secondary N) is 1. The van der Waals surface area contributed by atoms with Gasteiger partial charge in [0.25, 0.3) is 0 Å². The lowest BCUT2D eigenvalue weighted by Gasteiger charge is -2.23. The maximum absolute atomic E-state index is 5.64. The lowest BCUT2D eigenvalue weighted by Crippen LogP contribution is -2.31. The van der Waals surface area contributed by atoms with Gasteiger partial charge in [0.05, 0.1) is 26.4 Å². The first-order chi connectivity index (χ1) is 9.08. The van der Waals surface area contributed by atoms with E-state index in [1.54, 1.807) is 21.3 Å². The van der Waals surface area contributed by atoms with E-state index in [4.69, 9.17) is 20.1 Å². The van der Waals surface area contributed by atoms with Crippen LogP contribution in [0.3, 0.4) is 0 Å². The van der Waals surface area contributed by atoms with Crippen molar-refractivity contribution in [3.05, 3.63) is 22.2 Å². The molecule has 2 unspecified atom stereocenters. The zero-order valence-electron chi connectivity index (χ0n) is 11.7. The average molecular weight is 333 g/mol. The Bertz CT molecular complexity index is 415. The van der Waals surface area contributed by atoms with Crippen molar-refractivity contribution in [2.75, 3.05) is 21.3 Å². The van der Waals surface area contributed by atoms with E-state index in [2.05, 4.69) is 21.4 Å². The second kappa shape index (κ2) is 7.69. The molecular formula is C13H21BrN2O3. The number of rotatable bonds is 7. The maximum atomic E-state index is 5.64. The molecule has 0 aromatic heterocycles. The summed E-state index contributed by atoms with van der Waals surface area (Å²) < 4.78 is 16.8. The van der Waals surface area contributed by atoms with Crippen LogP contribution in [0, 0.1) is 0 Å². The molecule has 0 amide bonds. The summed E-state index contributed by atoms with van der Waals surface area (Å²) in [5.74, 6) is 7.08. The molecule has 1 rings (SSSR count). The zero-order valence-corrected chi connectivity index (χ0v) is 13.3. The summed E-state index contributed by atoms with van der Waals surface area (Å²) in [6, 6.07) is 3.76. The summed E-state index contributed by atoms with van der Waals surface area (Å²) >= 11 is 3.48. The molecule has 0 aliphatic carbocycles. The van der Waals surface area contributed by atoms with Crippen molar-refractivity contribution in [2.45, 2.75) is 25.5 Å². The van der Waals surface area contributed by atoms with E-state index in [1.165, 1.54) is 0 Å². The maximum Gasteiger partial charge on any atom is 0.141 e. The van der Waals surface area contributed by atoms with E-state index in [-0.39, 0.29) is 12.1 Å². The molecule has 0 spiro atoms. The minimum atomic E-state index is -0.0629. The molecule has 0 fully saturated rings. The summed E-state index contributed by atoms with van der Waals surface area (Å²) in [5.41, 5.74) is 3.76. The molecule has 19 heavy (non-hydrogen) atoms. The molecule has 108 valence electrons. The Morgan fingerprint density at radius 2 is 1.95 bits per heavy atom. The number of nitrogens with two attached hydrogens (primary N) is 1. The molecule has 0 aliphatic heterocycles. The van der Waals surface area contributed by atoms with Crippen LogP contribution in [-0.4, -0.2) is 27.4 Å². The highest BCUT2D eigenvalue weighted by atomic mass is 79.9. The van der Waals surface area contributed by atoms with Gasteiger partial charge in [-0.3, -0.25) is 11.3 Å². The molecule has 0 radical (unpaired) electrons. The molecule has 1 aromatic carbocycles. The minimum Gasteiger partial charge on any atom is -0.495 e. The fraction of sp³-hybridized carbons (Fsp3) is 0.538. The van der Waals surface area contributed by atoms with Gasteiger partial charge in [0, 0.05) is 12.7 Å². The van der Waals surface area contributed by atoms with E-state index in [9.17, 15) is 0 Å². The van der Waals surface area contributed by atoms with Gasteiger partial charge in [0.2, 0.25) is 0 Å². The molecule has 3 N–H and O–H groups in total. The summed E-state index contributed by atoms with van der Waals surface area (Å²) in [5, 5.41) is 0. The van der Waals surface area contributed by atoms with Crippen molar-refractivity contribution in [2.24, 2.45) is 5.84 Å². The highest BCUT2D eigenvalue weighted by Crippen LogP contribution is 2.40. The van der Waals surface area contributed by atoms with Crippen LogP contribution in [-0.2, 0) is 4.74 Å². The number of hydrazine groups is 1. The average Bonchev–Trinajstić information content (AvgIpc) is 2.44. The number of benzene rings is 1. The van der Waals surface area contributed by atoms with E-state index in [1.807, 2.05) is 19.1 Å². The molecule has 0 saturated carbocycles. The Balaban J connectivity index is 3.13. The second-order valence-corrected chi connectivity index (χ2v) is 5.00. The zero-order chi connectivity index (χ0) is 14.4. The van der Waals surface area contributed by atoms with Gasteiger partial charge in [-0.15, -0.1) is 0 Å². The topological polar surface area (TPSA) is 65.7 Å². The van der Waals surface area contributed by atoms with Gasteiger partial charge in [-0.2, -0.15) is 0 Å². The normalized spacial score (nSPS) is 14.0. The Labute approximate surface area is 122 Å².